The van der Waals surface area contributed by atoms with Gasteiger partial charge in [0.25, 0.3) is 0 Å². The first-order chi connectivity index (χ1) is 11.3. The third kappa shape index (κ3) is 6.39. The van der Waals surface area contributed by atoms with Crippen LogP contribution in [-0.2, 0) is 19.1 Å². The second-order valence-corrected chi connectivity index (χ2v) is 4.75. The van der Waals surface area contributed by atoms with Crippen LogP contribution in [0.25, 0.3) is 0 Å². The van der Waals surface area contributed by atoms with E-state index in [-0.39, 0.29) is 0 Å². The van der Waals surface area contributed by atoms with Crippen LogP contribution in [0.2, 0.25) is 0 Å². The summed E-state index contributed by atoms with van der Waals surface area (Å²) in [5.41, 5.74) is 0.751. The van der Waals surface area contributed by atoms with Crippen molar-refractivity contribution in [2.24, 2.45) is 0 Å². The number of benzene rings is 1. The van der Waals surface area contributed by atoms with Crippen LogP contribution in [0.3, 0.4) is 0 Å². The number of esters is 2. The van der Waals surface area contributed by atoms with E-state index in [1.807, 2.05) is 0 Å². The molecule has 0 amide bonds. The van der Waals surface area contributed by atoms with Gasteiger partial charge in [-0.05, 0) is 12.0 Å². The summed E-state index contributed by atoms with van der Waals surface area (Å²) in [6, 6.07) is 8.84. The second-order valence-electron chi connectivity index (χ2n) is 4.75. The SMILES string of the molecule is CCC(OC(=O)/C=C/C(=O)OCC(F)(F)C(F)F)c1ccccc1. The van der Waals surface area contributed by atoms with Crippen LogP contribution in [0.5, 0.6) is 0 Å². The summed E-state index contributed by atoms with van der Waals surface area (Å²) in [7, 11) is 0. The zero-order chi connectivity index (χ0) is 18.2. The molecule has 0 aliphatic carbocycles. The predicted molar refractivity (Wildman–Crippen MR) is 76.6 cm³/mol. The van der Waals surface area contributed by atoms with E-state index < -0.39 is 37.0 Å². The van der Waals surface area contributed by atoms with Gasteiger partial charge in [0, 0.05) is 12.2 Å². The second kappa shape index (κ2) is 9.05. The minimum atomic E-state index is -4.44. The molecule has 8 heteroatoms. The van der Waals surface area contributed by atoms with Crippen molar-refractivity contribution in [2.75, 3.05) is 6.61 Å². The molecule has 1 unspecified atom stereocenters. The smallest absolute Gasteiger partial charge is 0.340 e. The third-order valence-corrected chi connectivity index (χ3v) is 2.88. The van der Waals surface area contributed by atoms with E-state index in [9.17, 15) is 27.2 Å². The molecule has 0 radical (unpaired) electrons. The van der Waals surface area contributed by atoms with Gasteiger partial charge in [-0.25, -0.2) is 18.4 Å². The van der Waals surface area contributed by atoms with Crippen molar-refractivity contribution in [2.45, 2.75) is 31.8 Å². The van der Waals surface area contributed by atoms with Crippen molar-refractivity contribution in [1.29, 1.82) is 0 Å². The Bertz CT molecular complexity index is 573. The maximum Gasteiger partial charge on any atom is 0.340 e. The number of carbonyl (C=O) groups excluding carboxylic acids is 2. The Labute approximate surface area is 136 Å². The fourth-order valence-electron chi connectivity index (χ4n) is 1.65. The summed E-state index contributed by atoms with van der Waals surface area (Å²) in [5.74, 6) is -6.67. The fraction of sp³-hybridized carbons (Fsp3) is 0.375. The number of rotatable bonds is 8. The number of hydrogen-bond donors (Lipinski definition) is 0. The molecule has 0 saturated carbocycles. The van der Waals surface area contributed by atoms with Gasteiger partial charge in [-0.2, -0.15) is 8.78 Å². The minimum absolute atomic E-state index is 0.481. The maximum absolute atomic E-state index is 12.6. The summed E-state index contributed by atoms with van der Waals surface area (Å²) in [6.45, 7) is 0.0137. The molecule has 0 heterocycles. The van der Waals surface area contributed by atoms with Gasteiger partial charge < -0.3 is 9.47 Å². The van der Waals surface area contributed by atoms with E-state index in [1.165, 1.54) is 0 Å². The first-order valence-electron chi connectivity index (χ1n) is 7.02. The van der Waals surface area contributed by atoms with Crippen molar-refractivity contribution in [3.63, 3.8) is 0 Å². The molecule has 0 aliphatic rings. The van der Waals surface area contributed by atoms with E-state index in [1.54, 1.807) is 37.3 Å². The van der Waals surface area contributed by atoms with E-state index in [2.05, 4.69) is 4.74 Å². The first-order valence-corrected chi connectivity index (χ1v) is 7.02. The van der Waals surface area contributed by atoms with Crippen LogP contribution in [0, 0.1) is 0 Å². The van der Waals surface area contributed by atoms with Crippen molar-refractivity contribution in [3.05, 3.63) is 48.0 Å². The van der Waals surface area contributed by atoms with Crippen molar-refractivity contribution >= 4 is 11.9 Å². The maximum atomic E-state index is 12.6. The number of halogens is 4. The first kappa shape index (κ1) is 19.7. The highest BCUT2D eigenvalue weighted by Gasteiger charge is 2.42. The molecule has 0 saturated heterocycles. The van der Waals surface area contributed by atoms with Gasteiger partial charge in [0.1, 0.15) is 6.10 Å². The van der Waals surface area contributed by atoms with Gasteiger partial charge in [0.2, 0.25) is 0 Å². The molecular weight excluding hydrogens is 332 g/mol. The predicted octanol–water partition coefficient (Wildman–Crippen LogP) is 3.68. The molecule has 0 N–H and O–H groups in total. The largest absolute Gasteiger partial charge is 0.456 e. The van der Waals surface area contributed by atoms with Gasteiger partial charge in [-0.15, -0.1) is 0 Å². The zero-order valence-corrected chi connectivity index (χ0v) is 12.8. The van der Waals surface area contributed by atoms with Gasteiger partial charge in [0.15, 0.2) is 6.61 Å². The van der Waals surface area contributed by atoms with Crippen LogP contribution in [-0.4, -0.2) is 30.9 Å². The van der Waals surface area contributed by atoms with Gasteiger partial charge in [-0.1, -0.05) is 37.3 Å². The molecule has 0 spiro atoms. The molecule has 1 atom stereocenters. The lowest BCUT2D eigenvalue weighted by atomic mass is 10.1. The fourth-order valence-corrected chi connectivity index (χ4v) is 1.65. The van der Waals surface area contributed by atoms with E-state index in [4.69, 9.17) is 4.74 Å². The van der Waals surface area contributed by atoms with Crippen LogP contribution < -0.4 is 0 Å². The minimum Gasteiger partial charge on any atom is -0.456 e. The highest BCUT2D eigenvalue weighted by molar-refractivity contribution is 5.91. The monoisotopic (exact) mass is 348 g/mol. The molecule has 0 aliphatic heterocycles. The lowest BCUT2D eigenvalue weighted by Crippen LogP contribution is -2.33. The Kier molecular flexibility index (Phi) is 7.41. The Hall–Kier alpha value is -2.38. The van der Waals surface area contributed by atoms with Crippen molar-refractivity contribution in [1.82, 2.24) is 0 Å². The molecule has 132 valence electrons. The van der Waals surface area contributed by atoms with Gasteiger partial charge in [-0.3, -0.25) is 0 Å². The van der Waals surface area contributed by atoms with E-state index >= 15 is 0 Å². The van der Waals surface area contributed by atoms with Gasteiger partial charge in [0.05, 0.1) is 0 Å². The molecule has 0 aromatic heterocycles. The van der Waals surface area contributed by atoms with E-state index in [0.717, 1.165) is 5.56 Å². The number of alkyl halides is 4. The Morgan fingerprint density at radius 1 is 1.12 bits per heavy atom. The molecule has 1 aromatic carbocycles. The molecule has 0 fully saturated rings. The molecule has 1 aromatic rings. The highest BCUT2D eigenvalue weighted by atomic mass is 19.3. The molecular formula is C16H16F4O4. The quantitative estimate of drug-likeness (QED) is 0.409. The average Bonchev–Trinajstić information content (AvgIpc) is 2.56. The Balaban J connectivity index is 2.51. The molecule has 0 bridgehead atoms. The summed E-state index contributed by atoms with van der Waals surface area (Å²) in [5, 5.41) is 0. The van der Waals surface area contributed by atoms with Crippen molar-refractivity contribution in [3.8, 4) is 0 Å². The lowest BCUT2D eigenvalue weighted by molar-refractivity contribution is -0.176. The third-order valence-electron chi connectivity index (χ3n) is 2.88. The summed E-state index contributed by atoms with van der Waals surface area (Å²) >= 11 is 0. The van der Waals surface area contributed by atoms with Gasteiger partial charge >= 0.3 is 24.3 Å². The van der Waals surface area contributed by atoms with Crippen LogP contribution in [0.4, 0.5) is 17.6 Å². The number of carbonyl (C=O) groups is 2. The summed E-state index contributed by atoms with van der Waals surface area (Å²) < 4.78 is 58.0. The zero-order valence-electron chi connectivity index (χ0n) is 12.8. The Morgan fingerprint density at radius 3 is 2.25 bits per heavy atom. The van der Waals surface area contributed by atoms with E-state index in [0.29, 0.717) is 18.6 Å². The normalized spacial score (nSPS) is 13.1. The van der Waals surface area contributed by atoms with Crippen LogP contribution >= 0.6 is 0 Å². The number of hydrogen-bond acceptors (Lipinski definition) is 4. The molecule has 24 heavy (non-hydrogen) atoms. The van der Waals surface area contributed by atoms with Crippen molar-refractivity contribution < 1.29 is 36.6 Å². The topological polar surface area (TPSA) is 52.6 Å². The lowest BCUT2D eigenvalue weighted by Gasteiger charge is -2.15. The average molecular weight is 348 g/mol. The molecule has 1 rings (SSSR count). The standard InChI is InChI=1S/C16H16F4O4/c1-2-12(11-6-4-3-5-7-11)24-14(22)9-8-13(21)23-10-16(19,20)15(17)18/h3-9,12,15H,2,10H2,1H3/b9-8+. The number of ether oxygens (including phenoxy) is 2. The highest BCUT2D eigenvalue weighted by Crippen LogP contribution is 2.23. The Morgan fingerprint density at radius 2 is 1.71 bits per heavy atom. The van der Waals surface area contributed by atoms with Crippen LogP contribution in [0.15, 0.2) is 42.5 Å². The molecule has 4 nitrogen and oxygen atoms in total. The van der Waals surface area contributed by atoms with Crippen LogP contribution in [0.1, 0.15) is 25.0 Å². The summed E-state index contributed by atoms with van der Waals surface area (Å²) in [6.07, 6.45) is -2.78. The summed E-state index contributed by atoms with van der Waals surface area (Å²) in [4.78, 5) is 22.8.